The maximum atomic E-state index is 12.8. The van der Waals surface area contributed by atoms with Gasteiger partial charge in [-0.15, -0.1) is 0 Å². The van der Waals surface area contributed by atoms with Crippen LogP contribution in [0.25, 0.3) is 11.0 Å². The summed E-state index contributed by atoms with van der Waals surface area (Å²) in [6.07, 6.45) is 10.0. The maximum absolute atomic E-state index is 12.8. The van der Waals surface area contributed by atoms with Gasteiger partial charge in [0.1, 0.15) is 5.65 Å². The van der Waals surface area contributed by atoms with Crippen LogP contribution < -0.4 is 5.73 Å². The highest BCUT2D eigenvalue weighted by molar-refractivity contribution is 5.81. The molecule has 128 valence electrons. The summed E-state index contributed by atoms with van der Waals surface area (Å²) in [6.45, 7) is 1.73. The molecule has 0 spiro atoms. The monoisotopic (exact) mass is 326 g/mol. The van der Waals surface area contributed by atoms with Gasteiger partial charge in [-0.25, -0.2) is 4.98 Å². The van der Waals surface area contributed by atoms with E-state index in [4.69, 9.17) is 5.73 Å². The molecule has 2 aliphatic rings. The fourth-order valence-corrected chi connectivity index (χ4v) is 4.44. The topological polar surface area (TPSA) is 75.0 Å². The van der Waals surface area contributed by atoms with Crippen LogP contribution >= 0.6 is 0 Å². The van der Waals surface area contributed by atoms with Crippen molar-refractivity contribution in [1.82, 2.24) is 14.9 Å². The third-order valence-electron chi connectivity index (χ3n) is 5.79. The lowest BCUT2D eigenvalue weighted by molar-refractivity contribution is -0.137. The van der Waals surface area contributed by atoms with Crippen LogP contribution in [0.15, 0.2) is 24.5 Å². The number of H-pyrrole nitrogens is 1. The first-order valence-corrected chi connectivity index (χ1v) is 9.18. The normalized spacial score (nSPS) is 26.0. The van der Waals surface area contributed by atoms with Gasteiger partial charge in [-0.1, -0.05) is 6.42 Å². The van der Waals surface area contributed by atoms with Gasteiger partial charge in [-0.3, -0.25) is 4.79 Å². The summed E-state index contributed by atoms with van der Waals surface area (Å²) in [5, 5.41) is 1.22. The van der Waals surface area contributed by atoms with Crippen LogP contribution in [0.3, 0.4) is 0 Å². The van der Waals surface area contributed by atoms with Crippen LogP contribution in [-0.2, 0) is 4.79 Å². The molecule has 1 aliphatic carbocycles. The van der Waals surface area contributed by atoms with Crippen LogP contribution in [0.2, 0.25) is 0 Å². The predicted octanol–water partition coefficient (Wildman–Crippen LogP) is 2.79. The molecule has 5 heteroatoms. The Labute approximate surface area is 142 Å². The molecule has 0 unspecified atom stereocenters. The Morgan fingerprint density at radius 1 is 1.25 bits per heavy atom. The molecule has 2 fully saturated rings. The van der Waals surface area contributed by atoms with Gasteiger partial charge in [-0.2, -0.15) is 0 Å². The Morgan fingerprint density at radius 2 is 2.08 bits per heavy atom. The van der Waals surface area contributed by atoms with Crippen molar-refractivity contribution in [3.8, 4) is 0 Å². The van der Waals surface area contributed by atoms with Gasteiger partial charge in [0.05, 0.1) is 0 Å². The summed E-state index contributed by atoms with van der Waals surface area (Å²) in [5.41, 5.74) is 8.36. The lowest BCUT2D eigenvalue weighted by Crippen LogP contribution is -2.44. The second-order valence-electron chi connectivity index (χ2n) is 7.37. The Morgan fingerprint density at radius 3 is 2.88 bits per heavy atom. The average molecular weight is 326 g/mol. The van der Waals surface area contributed by atoms with E-state index in [0.29, 0.717) is 11.8 Å². The van der Waals surface area contributed by atoms with Crippen molar-refractivity contribution in [2.75, 3.05) is 13.1 Å². The minimum atomic E-state index is 0.155. The minimum absolute atomic E-state index is 0.155. The zero-order chi connectivity index (χ0) is 16.5. The van der Waals surface area contributed by atoms with E-state index in [1.54, 1.807) is 0 Å². The van der Waals surface area contributed by atoms with Crippen molar-refractivity contribution < 1.29 is 4.79 Å². The van der Waals surface area contributed by atoms with Crippen molar-refractivity contribution in [1.29, 1.82) is 0 Å². The smallest absolute Gasteiger partial charge is 0.225 e. The van der Waals surface area contributed by atoms with E-state index in [1.807, 2.05) is 12.3 Å². The molecule has 1 aliphatic heterocycles. The molecule has 0 bridgehead atoms. The van der Waals surface area contributed by atoms with Crippen LogP contribution in [0, 0.1) is 5.92 Å². The first kappa shape index (κ1) is 15.6. The summed E-state index contributed by atoms with van der Waals surface area (Å²) in [5.74, 6) is 1.01. The molecule has 2 aromatic rings. The van der Waals surface area contributed by atoms with Gasteiger partial charge in [0.25, 0.3) is 0 Å². The van der Waals surface area contributed by atoms with E-state index in [-0.39, 0.29) is 12.0 Å². The number of nitrogens with one attached hydrogen (secondary N) is 1. The third kappa shape index (κ3) is 2.93. The number of piperidine rings is 1. The number of rotatable bonds is 2. The number of fused-ring (bicyclic) bond motifs is 1. The Kier molecular flexibility index (Phi) is 4.27. The molecule has 0 radical (unpaired) electrons. The van der Waals surface area contributed by atoms with E-state index in [2.05, 4.69) is 27.1 Å². The number of carbonyl (C=O) groups is 1. The third-order valence-corrected chi connectivity index (χ3v) is 5.79. The van der Waals surface area contributed by atoms with Gasteiger partial charge < -0.3 is 15.6 Å². The molecular weight excluding hydrogens is 300 g/mol. The van der Waals surface area contributed by atoms with Crippen LogP contribution in [0.4, 0.5) is 0 Å². The molecule has 5 nitrogen and oxygen atoms in total. The summed E-state index contributed by atoms with van der Waals surface area (Å²) in [7, 11) is 0. The van der Waals surface area contributed by atoms with Gasteiger partial charge in [0.2, 0.25) is 5.91 Å². The number of amides is 1. The molecule has 2 aromatic heterocycles. The highest BCUT2D eigenvalue weighted by Gasteiger charge is 2.31. The number of pyridine rings is 1. The summed E-state index contributed by atoms with van der Waals surface area (Å²) in [6, 6.07) is 4.34. The number of nitrogens with two attached hydrogens (primary N) is 1. The van der Waals surface area contributed by atoms with Crippen molar-refractivity contribution in [2.45, 2.75) is 50.5 Å². The van der Waals surface area contributed by atoms with Crippen molar-refractivity contribution in [3.05, 3.63) is 30.1 Å². The summed E-state index contributed by atoms with van der Waals surface area (Å²) >= 11 is 0. The van der Waals surface area contributed by atoms with Gasteiger partial charge in [0.15, 0.2) is 0 Å². The van der Waals surface area contributed by atoms with Crippen molar-refractivity contribution >= 4 is 16.9 Å². The van der Waals surface area contributed by atoms with E-state index < -0.39 is 0 Å². The molecule has 4 rings (SSSR count). The van der Waals surface area contributed by atoms with Gasteiger partial charge in [0, 0.05) is 42.8 Å². The molecule has 24 heavy (non-hydrogen) atoms. The molecule has 1 saturated carbocycles. The average Bonchev–Trinajstić information content (AvgIpc) is 3.05. The highest BCUT2D eigenvalue weighted by atomic mass is 16.2. The van der Waals surface area contributed by atoms with Gasteiger partial charge in [-0.05, 0) is 55.7 Å². The Balaban J connectivity index is 1.40. The largest absolute Gasteiger partial charge is 0.346 e. The second kappa shape index (κ2) is 6.55. The molecule has 3 heterocycles. The lowest BCUT2D eigenvalue weighted by atomic mass is 9.84. The second-order valence-corrected chi connectivity index (χ2v) is 7.37. The van der Waals surface area contributed by atoms with Crippen LogP contribution in [0.1, 0.15) is 50.0 Å². The van der Waals surface area contributed by atoms with Crippen molar-refractivity contribution in [2.24, 2.45) is 11.7 Å². The quantitative estimate of drug-likeness (QED) is 0.891. The summed E-state index contributed by atoms with van der Waals surface area (Å²) < 4.78 is 0. The predicted molar refractivity (Wildman–Crippen MR) is 94.6 cm³/mol. The number of nitrogens with zero attached hydrogens (tertiary/aromatic N) is 2. The fourth-order valence-electron chi connectivity index (χ4n) is 4.44. The SMILES string of the molecule is N[C@@H]1CCC[C@H](C(=O)N2CCC(c3c[nH]c4ncccc34)CC2)C1. The van der Waals surface area contributed by atoms with Crippen molar-refractivity contribution in [3.63, 3.8) is 0 Å². The van der Waals surface area contributed by atoms with E-state index >= 15 is 0 Å². The first-order chi connectivity index (χ1) is 11.7. The zero-order valence-corrected chi connectivity index (χ0v) is 14.1. The molecule has 1 amide bonds. The fraction of sp³-hybridized carbons (Fsp3) is 0.579. The molecular formula is C19H26N4O. The van der Waals surface area contributed by atoms with E-state index in [0.717, 1.165) is 57.3 Å². The maximum Gasteiger partial charge on any atom is 0.225 e. The standard InChI is InChI=1S/C19H26N4O/c20-15-4-1-3-14(11-15)19(24)23-9-6-13(7-10-23)17-12-22-18-16(17)5-2-8-21-18/h2,5,8,12-15H,1,3-4,6-7,9-11,20H2,(H,21,22)/t14-,15+/m0/s1. The van der Waals surface area contributed by atoms with Crippen LogP contribution in [-0.4, -0.2) is 39.9 Å². The highest BCUT2D eigenvalue weighted by Crippen LogP contribution is 2.34. The number of hydrogen-bond acceptors (Lipinski definition) is 3. The number of aromatic nitrogens is 2. The summed E-state index contributed by atoms with van der Waals surface area (Å²) in [4.78, 5) is 22.5. The number of likely N-dealkylation sites (tertiary alicyclic amines) is 1. The number of carbonyl (C=O) groups excluding carboxylic acids is 1. The number of aromatic amines is 1. The van der Waals surface area contributed by atoms with Gasteiger partial charge >= 0.3 is 0 Å². The Hall–Kier alpha value is -1.88. The minimum Gasteiger partial charge on any atom is -0.346 e. The molecule has 0 aromatic carbocycles. The molecule has 1 saturated heterocycles. The molecule has 2 atom stereocenters. The van der Waals surface area contributed by atoms with E-state index in [1.165, 1.54) is 10.9 Å². The van der Waals surface area contributed by atoms with E-state index in [9.17, 15) is 4.79 Å². The van der Waals surface area contributed by atoms with Crippen LogP contribution in [0.5, 0.6) is 0 Å². The lowest BCUT2D eigenvalue weighted by Gasteiger charge is -2.36. The Bertz CT molecular complexity index is 717. The molecule has 3 N–H and O–H groups in total. The number of hydrogen-bond donors (Lipinski definition) is 2. The first-order valence-electron chi connectivity index (χ1n) is 9.18. The zero-order valence-electron chi connectivity index (χ0n) is 14.1.